The Labute approximate surface area is 123 Å². The summed E-state index contributed by atoms with van der Waals surface area (Å²) in [6.07, 6.45) is 0. The Bertz CT molecular complexity index is 787. The summed E-state index contributed by atoms with van der Waals surface area (Å²) in [5, 5.41) is 16.3. The van der Waals surface area contributed by atoms with Crippen molar-refractivity contribution in [3.05, 3.63) is 64.7 Å². The van der Waals surface area contributed by atoms with Gasteiger partial charge in [0.1, 0.15) is 0 Å². The summed E-state index contributed by atoms with van der Waals surface area (Å²) < 4.78 is 27.7. The quantitative estimate of drug-likeness (QED) is 0.682. The van der Waals surface area contributed by atoms with E-state index in [1.807, 2.05) is 0 Å². The molecule has 2 aromatic rings. The van der Waals surface area contributed by atoms with E-state index in [-0.39, 0.29) is 10.6 Å². The van der Waals surface area contributed by atoms with Gasteiger partial charge < -0.3 is 0 Å². The van der Waals surface area contributed by atoms with Crippen LogP contribution in [0.2, 0.25) is 0 Å². The maximum Gasteiger partial charge on any atom is 0.289 e. The van der Waals surface area contributed by atoms with Crippen LogP contribution in [0.4, 0.5) is 5.69 Å². The highest BCUT2D eigenvalue weighted by molar-refractivity contribution is 7.99. The summed E-state index contributed by atoms with van der Waals surface area (Å²) in [5.74, 6) is 0. The lowest BCUT2D eigenvalue weighted by Gasteiger charge is -2.03. The number of nitro benzene ring substituents is 1. The van der Waals surface area contributed by atoms with E-state index >= 15 is 0 Å². The van der Waals surface area contributed by atoms with E-state index < -0.39 is 25.8 Å². The molecule has 2 rings (SSSR count). The van der Waals surface area contributed by atoms with Crippen LogP contribution in [0.5, 0.6) is 0 Å². The van der Waals surface area contributed by atoms with E-state index in [1.165, 1.54) is 36.4 Å². The number of rotatable bonds is 4. The Kier molecular flexibility index (Phi) is 4.46. The molecule has 110 valence electrons. The molecule has 0 heterocycles. The van der Waals surface area contributed by atoms with Crippen LogP contribution in [-0.2, 0) is 20.9 Å². The lowest BCUT2D eigenvalue weighted by Crippen LogP contribution is -2.07. The standard InChI is InChI=1S/C12H11N3O4S2/c13-20(11-8-6-10(7-9-11)15(16)17)14-21(18,19)12-4-2-1-3-5-12/h1-9H,(H2,13,14)/t20-/m0/s1. The first-order valence-corrected chi connectivity index (χ1v) is 8.35. The average molecular weight is 325 g/mol. The van der Waals surface area contributed by atoms with Crippen LogP contribution < -0.4 is 5.14 Å². The van der Waals surface area contributed by atoms with Crippen molar-refractivity contribution in [2.75, 3.05) is 0 Å². The number of nitro groups is 1. The SMILES string of the molecule is N[S@@](=NS(=O)(=O)c1ccccc1)c1ccc([N+](=O)[O-])cc1. The predicted octanol–water partition coefficient (Wildman–Crippen LogP) is 2.02. The van der Waals surface area contributed by atoms with Crippen molar-refractivity contribution in [2.24, 2.45) is 8.91 Å². The Hall–Kier alpha value is -2.10. The minimum Gasteiger partial charge on any atom is -0.264 e. The van der Waals surface area contributed by atoms with Crippen molar-refractivity contribution in [1.29, 1.82) is 0 Å². The fourth-order valence-electron chi connectivity index (χ4n) is 1.49. The maximum atomic E-state index is 12.0. The van der Waals surface area contributed by atoms with E-state index in [1.54, 1.807) is 18.2 Å². The molecule has 9 heteroatoms. The van der Waals surface area contributed by atoms with E-state index in [2.05, 4.69) is 3.77 Å². The van der Waals surface area contributed by atoms with Crippen molar-refractivity contribution < 1.29 is 13.3 Å². The van der Waals surface area contributed by atoms with E-state index in [9.17, 15) is 18.5 Å². The van der Waals surface area contributed by atoms with Crippen molar-refractivity contribution in [2.45, 2.75) is 9.79 Å². The first-order chi connectivity index (χ1) is 9.90. The summed E-state index contributed by atoms with van der Waals surface area (Å²) in [4.78, 5) is 10.5. The first kappa shape index (κ1) is 15.3. The monoisotopic (exact) mass is 325 g/mol. The molecule has 0 aromatic heterocycles. The number of nitrogens with zero attached hydrogens (tertiary/aromatic N) is 2. The van der Waals surface area contributed by atoms with Gasteiger partial charge in [-0.1, -0.05) is 18.2 Å². The molecule has 0 unspecified atom stereocenters. The molecule has 2 N–H and O–H groups in total. The molecule has 0 aliphatic carbocycles. The van der Waals surface area contributed by atoms with Gasteiger partial charge in [-0.3, -0.25) is 15.3 Å². The molecular weight excluding hydrogens is 314 g/mol. The molecule has 21 heavy (non-hydrogen) atoms. The Balaban J connectivity index is 2.35. The zero-order valence-corrected chi connectivity index (χ0v) is 12.3. The van der Waals surface area contributed by atoms with E-state index in [4.69, 9.17) is 5.14 Å². The smallest absolute Gasteiger partial charge is 0.264 e. The zero-order valence-electron chi connectivity index (χ0n) is 10.6. The van der Waals surface area contributed by atoms with Crippen LogP contribution in [0, 0.1) is 10.1 Å². The van der Waals surface area contributed by atoms with Gasteiger partial charge in [0.05, 0.1) is 9.82 Å². The molecular formula is C12H11N3O4S2. The van der Waals surface area contributed by atoms with Crippen LogP contribution in [0.3, 0.4) is 0 Å². The zero-order chi connectivity index (χ0) is 15.5. The Morgan fingerprint density at radius 2 is 1.62 bits per heavy atom. The number of hydrogen-bond donors (Lipinski definition) is 1. The van der Waals surface area contributed by atoms with Crippen molar-refractivity contribution in [3.63, 3.8) is 0 Å². The van der Waals surface area contributed by atoms with Crippen LogP contribution in [0.25, 0.3) is 0 Å². The average Bonchev–Trinajstić information content (AvgIpc) is 2.48. The summed E-state index contributed by atoms with van der Waals surface area (Å²) >= 11 is 0. The van der Waals surface area contributed by atoms with Crippen molar-refractivity contribution in [1.82, 2.24) is 0 Å². The van der Waals surface area contributed by atoms with Gasteiger partial charge in [-0.2, -0.15) is 8.42 Å². The summed E-state index contributed by atoms with van der Waals surface area (Å²) in [6, 6.07) is 13.0. The molecule has 0 spiro atoms. The Morgan fingerprint density at radius 1 is 1.05 bits per heavy atom. The number of sulfonamides is 1. The van der Waals surface area contributed by atoms with Gasteiger partial charge in [-0.25, -0.2) is 0 Å². The minimum atomic E-state index is -3.86. The second-order valence-corrected chi connectivity index (χ2v) is 7.05. The van der Waals surface area contributed by atoms with Gasteiger partial charge in [0.25, 0.3) is 15.7 Å². The largest absolute Gasteiger partial charge is 0.289 e. The molecule has 7 nitrogen and oxygen atoms in total. The molecule has 0 radical (unpaired) electrons. The third kappa shape index (κ3) is 3.72. The highest BCUT2D eigenvalue weighted by Gasteiger charge is 2.13. The molecule has 0 amide bonds. The summed E-state index contributed by atoms with van der Waals surface area (Å²) in [7, 11) is -5.27. The minimum absolute atomic E-state index is 0.0508. The van der Waals surface area contributed by atoms with Crippen LogP contribution in [0.15, 0.2) is 68.2 Å². The van der Waals surface area contributed by atoms with Crippen LogP contribution in [-0.4, -0.2) is 13.3 Å². The third-order valence-electron chi connectivity index (χ3n) is 2.51. The van der Waals surface area contributed by atoms with E-state index in [0.29, 0.717) is 4.90 Å². The lowest BCUT2D eigenvalue weighted by atomic mass is 10.3. The number of non-ortho nitro benzene ring substituents is 1. The van der Waals surface area contributed by atoms with Gasteiger partial charge in [0, 0.05) is 27.9 Å². The molecule has 0 fully saturated rings. The van der Waals surface area contributed by atoms with Gasteiger partial charge >= 0.3 is 0 Å². The number of nitrogens with two attached hydrogens (primary N) is 1. The first-order valence-electron chi connectivity index (χ1n) is 5.66. The molecule has 0 bridgehead atoms. The summed E-state index contributed by atoms with van der Waals surface area (Å²) in [5.41, 5.74) is -0.0957. The maximum absolute atomic E-state index is 12.0. The van der Waals surface area contributed by atoms with Gasteiger partial charge in [-0.05, 0) is 24.3 Å². The highest BCUT2D eigenvalue weighted by Crippen LogP contribution is 2.17. The fraction of sp³-hybridized carbons (Fsp3) is 0. The molecule has 0 aliphatic rings. The van der Waals surface area contributed by atoms with Crippen molar-refractivity contribution >= 4 is 26.6 Å². The second kappa shape index (κ2) is 6.12. The molecule has 0 saturated heterocycles. The fourth-order valence-corrected chi connectivity index (χ4v) is 3.94. The van der Waals surface area contributed by atoms with Gasteiger partial charge in [0.15, 0.2) is 0 Å². The second-order valence-electron chi connectivity index (χ2n) is 3.93. The number of hydrogen-bond acceptors (Lipinski definition) is 4. The van der Waals surface area contributed by atoms with Crippen LogP contribution >= 0.6 is 0 Å². The van der Waals surface area contributed by atoms with E-state index in [0.717, 1.165) is 0 Å². The molecule has 0 saturated carbocycles. The van der Waals surface area contributed by atoms with Gasteiger partial charge in [0.2, 0.25) is 0 Å². The van der Waals surface area contributed by atoms with Crippen molar-refractivity contribution in [3.8, 4) is 0 Å². The highest BCUT2D eigenvalue weighted by atomic mass is 32.3. The predicted molar refractivity (Wildman–Crippen MR) is 79.0 cm³/mol. The molecule has 0 aliphatic heterocycles. The number of benzene rings is 2. The molecule has 1 atom stereocenters. The van der Waals surface area contributed by atoms with Gasteiger partial charge in [-0.15, -0.1) is 3.77 Å². The lowest BCUT2D eigenvalue weighted by molar-refractivity contribution is -0.384. The molecule has 2 aromatic carbocycles. The van der Waals surface area contributed by atoms with Crippen LogP contribution in [0.1, 0.15) is 0 Å². The third-order valence-corrected chi connectivity index (χ3v) is 5.56. The summed E-state index contributed by atoms with van der Waals surface area (Å²) in [6.45, 7) is 0. The Morgan fingerprint density at radius 3 is 2.14 bits per heavy atom. The normalized spacial score (nSPS) is 13.0. The topological polar surface area (TPSA) is 116 Å².